The Morgan fingerprint density at radius 1 is 1.13 bits per heavy atom. The Morgan fingerprint density at radius 2 is 1.87 bits per heavy atom. The summed E-state index contributed by atoms with van der Waals surface area (Å²) in [7, 11) is 1.53. The van der Waals surface area contributed by atoms with Crippen LogP contribution in [0.1, 0.15) is 38.7 Å². The van der Waals surface area contributed by atoms with Crippen LogP contribution in [0.4, 0.5) is 0 Å². The second-order valence-corrected chi connectivity index (χ2v) is 8.38. The van der Waals surface area contributed by atoms with Gasteiger partial charge in [-0.15, -0.1) is 11.8 Å². The van der Waals surface area contributed by atoms with Gasteiger partial charge in [0.05, 0.1) is 12.0 Å². The first-order valence-corrected chi connectivity index (χ1v) is 12.0. The van der Waals surface area contributed by atoms with Crippen LogP contribution in [0, 0.1) is 0 Å². The minimum Gasteiger partial charge on any atom is -0.504 e. The van der Waals surface area contributed by atoms with Gasteiger partial charge in [-0.3, -0.25) is 4.79 Å². The number of hydrogen-bond acceptors (Lipinski definition) is 5. The molecule has 0 saturated heterocycles. The summed E-state index contributed by atoms with van der Waals surface area (Å²) in [5, 5.41) is 10.9. The first-order valence-electron chi connectivity index (χ1n) is 10.8. The Morgan fingerprint density at radius 3 is 2.52 bits per heavy atom. The van der Waals surface area contributed by atoms with E-state index in [9.17, 15) is 9.90 Å². The molecule has 1 heterocycles. The maximum Gasteiger partial charge on any atom is 0.222 e. The maximum absolute atomic E-state index is 12.6. The summed E-state index contributed by atoms with van der Waals surface area (Å²) in [6.07, 6.45) is 5.21. The third kappa shape index (κ3) is 5.18. The van der Waals surface area contributed by atoms with Gasteiger partial charge in [-0.05, 0) is 61.4 Å². The molecule has 0 aliphatic rings. The summed E-state index contributed by atoms with van der Waals surface area (Å²) >= 11 is 1.62. The van der Waals surface area contributed by atoms with Gasteiger partial charge in [-0.25, -0.2) is 0 Å². The zero-order valence-electron chi connectivity index (χ0n) is 18.7. The highest BCUT2D eigenvalue weighted by atomic mass is 32.2. The van der Waals surface area contributed by atoms with Crippen molar-refractivity contribution in [1.29, 1.82) is 0 Å². The number of fused-ring (bicyclic) bond motifs is 1. The largest absolute Gasteiger partial charge is 0.504 e. The highest BCUT2D eigenvalue weighted by Gasteiger charge is 2.18. The molecule has 3 aromatic rings. The van der Waals surface area contributed by atoms with Crippen molar-refractivity contribution in [1.82, 2.24) is 4.90 Å². The van der Waals surface area contributed by atoms with E-state index in [-0.39, 0.29) is 11.7 Å². The molecular weight excluding hydrogens is 410 g/mol. The number of amides is 1. The van der Waals surface area contributed by atoms with Gasteiger partial charge in [0.1, 0.15) is 11.3 Å². The number of carbonyl (C=O) groups is 1. The molecule has 0 bridgehead atoms. The van der Waals surface area contributed by atoms with Crippen molar-refractivity contribution in [2.45, 2.75) is 44.4 Å². The zero-order valence-corrected chi connectivity index (χ0v) is 19.6. The highest BCUT2D eigenvalue weighted by molar-refractivity contribution is 7.99. The van der Waals surface area contributed by atoms with E-state index >= 15 is 0 Å². The molecule has 6 heteroatoms. The summed E-state index contributed by atoms with van der Waals surface area (Å²) < 4.78 is 11.4. The minimum absolute atomic E-state index is 0.0974. The number of nitrogens with zero attached hydrogens (tertiary/aromatic N) is 1. The Labute approximate surface area is 188 Å². The fourth-order valence-corrected chi connectivity index (χ4v) is 4.52. The number of ether oxygens (including phenoxy) is 1. The summed E-state index contributed by atoms with van der Waals surface area (Å²) in [4.78, 5) is 15.6. The van der Waals surface area contributed by atoms with E-state index in [1.807, 2.05) is 29.4 Å². The number of hydrogen-bond donors (Lipinski definition) is 1. The van der Waals surface area contributed by atoms with Gasteiger partial charge in [0.2, 0.25) is 5.91 Å². The normalized spacial score (nSPS) is 11.1. The van der Waals surface area contributed by atoms with Crippen LogP contribution >= 0.6 is 11.8 Å². The van der Waals surface area contributed by atoms with Crippen LogP contribution in [0.15, 0.2) is 45.7 Å². The van der Waals surface area contributed by atoms with Crippen LogP contribution in [0.25, 0.3) is 22.3 Å². The molecule has 1 amide bonds. The standard InChI is InChI=1S/C25H31NO4S/c1-5-13-26(14-6-2)23(28)12-8-17-7-11-21-19(15-17)25(31-4)24(30-21)18-9-10-20(27)22(16-18)29-3/h7,9-11,15-16,27H,5-6,8,12-14H2,1-4H3. The molecule has 3 rings (SSSR count). The second-order valence-electron chi connectivity index (χ2n) is 7.56. The molecule has 1 aromatic heterocycles. The molecule has 0 aliphatic carbocycles. The third-order valence-corrected chi connectivity index (χ3v) is 6.13. The van der Waals surface area contributed by atoms with E-state index in [0.717, 1.165) is 58.7 Å². The lowest BCUT2D eigenvalue weighted by atomic mass is 10.1. The van der Waals surface area contributed by atoms with Gasteiger partial charge in [0.15, 0.2) is 11.5 Å². The van der Waals surface area contributed by atoms with Crippen molar-refractivity contribution in [3.63, 3.8) is 0 Å². The molecular formula is C25H31NO4S. The number of phenols is 1. The number of furan rings is 1. The first-order chi connectivity index (χ1) is 15.0. The van der Waals surface area contributed by atoms with E-state index in [2.05, 4.69) is 19.9 Å². The first kappa shape index (κ1) is 23.1. The van der Waals surface area contributed by atoms with Gasteiger partial charge >= 0.3 is 0 Å². The van der Waals surface area contributed by atoms with E-state index in [0.29, 0.717) is 18.6 Å². The summed E-state index contributed by atoms with van der Waals surface area (Å²) in [6, 6.07) is 11.4. The molecule has 2 aromatic carbocycles. The second kappa shape index (κ2) is 10.6. The zero-order chi connectivity index (χ0) is 22.4. The quantitative estimate of drug-likeness (QED) is 0.384. The number of methoxy groups -OCH3 is 1. The van der Waals surface area contributed by atoms with E-state index in [4.69, 9.17) is 9.15 Å². The van der Waals surface area contributed by atoms with E-state index < -0.39 is 0 Å². The predicted octanol–water partition coefficient (Wildman–Crippen LogP) is 6.12. The lowest BCUT2D eigenvalue weighted by Crippen LogP contribution is -2.32. The number of rotatable bonds is 10. The molecule has 0 fully saturated rings. The van der Waals surface area contributed by atoms with Gasteiger partial charge < -0.3 is 19.2 Å². The number of benzene rings is 2. The van der Waals surface area contributed by atoms with Gasteiger partial charge in [0.25, 0.3) is 0 Å². The van der Waals surface area contributed by atoms with Crippen molar-refractivity contribution >= 4 is 28.6 Å². The van der Waals surface area contributed by atoms with Crippen molar-refractivity contribution < 1.29 is 19.1 Å². The smallest absolute Gasteiger partial charge is 0.222 e. The SMILES string of the molecule is CCCN(CCC)C(=O)CCc1ccc2oc(-c3ccc(O)c(OC)c3)c(SC)c2c1. The summed E-state index contributed by atoms with van der Waals surface area (Å²) in [5.41, 5.74) is 2.78. The predicted molar refractivity (Wildman–Crippen MR) is 127 cm³/mol. The van der Waals surface area contributed by atoms with Gasteiger partial charge in [-0.2, -0.15) is 0 Å². The maximum atomic E-state index is 12.6. The number of phenolic OH excluding ortho intramolecular Hbond substituents is 1. The number of aromatic hydroxyl groups is 1. The number of carbonyl (C=O) groups excluding carboxylic acids is 1. The number of aryl methyl sites for hydroxylation is 1. The van der Waals surface area contributed by atoms with Gasteiger partial charge in [-0.1, -0.05) is 19.9 Å². The van der Waals surface area contributed by atoms with Gasteiger partial charge in [0, 0.05) is 30.5 Å². The molecule has 1 N–H and O–H groups in total. The highest BCUT2D eigenvalue weighted by Crippen LogP contribution is 2.42. The molecule has 0 spiro atoms. The van der Waals surface area contributed by atoms with Crippen LogP contribution < -0.4 is 4.74 Å². The van der Waals surface area contributed by atoms with Crippen LogP contribution in [-0.2, 0) is 11.2 Å². The molecule has 0 atom stereocenters. The van der Waals surface area contributed by atoms with Crippen LogP contribution in [0.5, 0.6) is 11.5 Å². The van der Waals surface area contributed by atoms with E-state index in [1.54, 1.807) is 23.9 Å². The molecule has 31 heavy (non-hydrogen) atoms. The molecule has 0 aliphatic heterocycles. The van der Waals surface area contributed by atoms with Crippen molar-refractivity contribution in [2.75, 3.05) is 26.5 Å². The van der Waals surface area contributed by atoms with Crippen molar-refractivity contribution in [2.24, 2.45) is 0 Å². The minimum atomic E-state index is 0.0974. The fourth-order valence-electron chi connectivity index (χ4n) is 3.80. The lowest BCUT2D eigenvalue weighted by molar-refractivity contribution is -0.131. The fraction of sp³-hybridized carbons (Fsp3) is 0.400. The Bertz CT molecular complexity index is 1040. The monoisotopic (exact) mass is 441 g/mol. The average Bonchev–Trinajstić information content (AvgIpc) is 3.15. The molecule has 5 nitrogen and oxygen atoms in total. The Balaban J connectivity index is 1.86. The van der Waals surface area contributed by atoms with Crippen molar-refractivity contribution in [3.8, 4) is 22.8 Å². The summed E-state index contributed by atoms with van der Waals surface area (Å²) in [5.74, 6) is 1.48. The molecule has 166 valence electrons. The molecule has 0 radical (unpaired) electrons. The van der Waals surface area contributed by atoms with E-state index in [1.165, 1.54) is 7.11 Å². The van der Waals surface area contributed by atoms with Crippen LogP contribution in [-0.4, -0.2) is 42.4 Å². The van der Waals surface area contributed by atoms with Crippen LogP contribution in [0.2, 0.25) is 0 Å². The number of thioether (sulfide) groups is 1. The third-order valence-electron chi connectivity index (χ3n) is 5.32. The molecule has 0 unspecified atom stereocenters. The lowest BCUT2D eigenvalue weighted by Gasteiger charge is -2.21. The van der Waals surface area contributed by atoms with Crippen LogP contribution in [0.3, 0.4) is 0 Å². The van der Waals surface area contributed by atoms with Crippen molar-refractivity contribution in [3.05, 3.63) is 42.0 Å². The Hall–Kier alpha value is -2.60. The average molecular weight is 442 g/mol. The molecule has 0 saturated carbocycles. The Kier molecular flexibility index (Phi) is 7.91. The summed E-state index contributed by atoms with van der Waals surface area (Å²) in [6.45, 7) is 5.86. The topological polar surface area (TPSA) is 62.9 Å².